The summed E-state index contributed by atoms with van der Waals surface area (Å²) in [5.74, 6) is 1.41. The van der Waals surface area contributed by atoms with Gasteiger partial charge in [-0.25, -0.2) is 0 Å². The van der Waals surface area contributed by atoms with E-state index in [1.807, 2.05) is 24.3 Å². The maximum absolute atomic E-state index is 11.7. The molecule has 0 aliphatic rings. The van der Waals surface area contributed by atoms with E-state index in [4.69, 9.17) is 9.26 Å². The predicted molar refractivity (Wildman–Crippen MR) is 67.6 cm³/mol. The molecule has 6 heteroatoms. The second kappa shape index (κ2) is 5.99. The van der Waals surface area contributed by atoms with Gasteiger partial charge >= 0.3 is 0 Å². The van der Waals surface area contributed by atoms with Crippen molar-refractivity contribution in [3.8, 4) is 5.75 Å². The minimum atomic E-state index is -0.172. The predicted octanol–water partition coefficient (Wildman–Crippen LogP) is 1.25. The van der Waals surface area contributed by atoms with Gasteiger partial charge in [0.25, 0.3) is 0 Å². The number of nitrogens with zero attached hydrogens (tertiary/aromatic N) is 2. The van der Waals surface area contributed by atoms with E-state index in [2.05, 4.69) is 15.5 Å². The number of rotatable bonds is 5. The van der Waals surface area contributed by atoms with Crippen LogP contribution < -0.4 is 10.1 Å². The smallest absolute Gasteiger partial charge is 0.236 e. The first-order chi connectivity index (χ1) is 9.19. The van der Waals surface area contributed by atoms with Crippen LogP contribution in [0.5, 0.6) is 5.75 Å². The lowest BCUT2D eigenvalue weighted by atomic mass is 10.2. The van der Waals surface area contributed by atoms with Gasteiger partial charge in [0.1, 0.15) is 12.2 Å². The molecule has 0 fully saturated rings. The quantitative estimate of drug-likeness (QED) is 0.876. The number of benzene rings is 1. The molecule has 1 heterocycles. The normalized spacial score (nSPS) is 10.2. The molecule has 1 aromatic heterocycles. The third-order valence-electron chi connectivity index (χ3n) is 2.55. The van der Waals surface area contributed by atoms with Crippen LogP contribution in [0, 0.1) is 6.92 Å². The third kappa shape index (κ3) is 3.54. The average Bonchev–Trinajstić information content (AvgIpc) is 2.82. The second-order valence-electron chi connectivity index (χ2n) is 4.00. The van der Waals surface area contributed by atoms with Crippen molar-refractivity contribution in [2.75, 3.05) is 7.11 Å². The highest BCUT2D eigenvalue weighted by Gasteiger charge is 2.10. The molecular formula is C13H15N3O3. The fourth-order valence-electron chi connectivity index (χ4n) is 1.65. The minimum Gasteiger partial charge on any atom is -0.496 e. The number of para-hydroxylation sites is 1. The highest BCUT2D eigenvalue weighted by molar-refractivity contribution is 5.77. The summed E-state index contributed by atoms with van der Waals surface area (Å²) >= 11 is 0. The molecule has 0 atom stereocenters. The standard InChI is InChI=1S/C13H15N3O3/c1-9-15-13(19-16-9)7-12(17)14-8-10-5-3-4-6-11(10)18-2/h3-6H,7-8H2,1-2H3,(H,14,17). The molecule has 19 heavy (non-hydrogen) atoms. The van der Waals surface area contributed by atoms with Crippen LogP contribution in [0.15, 0.2) is 28.8 Å². The van der Waals surface area contributed by atoms with Gasteiger partial charge in [0.2, 0.25) is 11.8 Å². The van der Waals surface area contributed by atoms with E-state index < -0.39 is 0 Å². The van der Waals surface area contributed by atoms with Gasteiger partial charge in [0.15, 0.2) is 5.82 Å². The van der Waals surface area contributed by atoms with Gasteiger partial charge in [-0.05, 0) is 13.0 Å². The molecule has 1 amide bonds. The number of ether oxygens (including phenoxy) is 1. The van der Waals surface area contributed by atoms with Crippen LogP contribution in [0.4, 0.5) is 0 Å². The fraction of sp³-hybridized carbons (Fsp3) is 0.308. The summed E-state index contributed by atoms with van der Waals surface area (Å²) in [6.07, 6.45) is 0.0794. The van der Waals surface area contributed by atoms with Gasteiger partial charge in [0, 0.05) is 12.1 Å². The summed E-state index contributed by atoms with van der Waals surface area (Å²) in [7, 11) is 1.60. The molecule has 0 radical (unpaired) electrons. The lowest BCUT2D eigenvalue weighted by Gasteiger charge is -2.08. The Hall–Kier alpha value is -2.37. The lowest BCUT2D eigenvalue weighted by molar-refractivity contribution is -0.120. The number of aromatic nitrogens is 2. The van der Waals surface area contributed by atoms with Gasteiger partial charge in [-0.2, -0.15) is 4.98 Å². The molecule has 2 aromatic rings. The summed E-state index contributed by atoms with van der Waals surface area (Å²) in [5.41, 5.74) is 0.917. The van der Waals surface area contributed by atoms with E-state index in [1.165, 1.54) is 0 Å². The van der Waals surface area contributed by atoms with E-state index in [1.54, 1.807) is 14.0 Å². The summed E-state index contributed by atoms with van der Waals surface area (Å²) in [6.45, 7) is 2.11. The molecular weight excluding hydrogens is 246 g/mol. The van der Waals surface area contributed by atoms with Crippen LogP contribution in [-0.2, 0) is 17.8 Å². The van der Waals surface area contributed by atoms with E-state index in [0.29, 0.717) is 18.3 Å². The van der Waals surface area contributed by atoms with Crippen LogP contribution in [-0.4, -0.2) is 23.2 Å². The molecule has 1 aromatic carbocycles. The molecule has 0 saturated heterocycles. The van der Waals surface area contributed by atoms with Crippen molar-refractivity contribution in [1.82, 2.24) is 15.5 Å². The topological polar surface area (TPSA) is 77.2 Å². The zero-order chi connectivity index (χ0) is 13.7. The van der Waals surface area contributed by atoms with Gasteiger partial charge in [-0.1, -0.05) is 23.4 Å². The first kappa shape index (κ1) is 13.1. The molecule has 6 nitrogen and oxygen atoms in total. The summed E-state index contributed by atoms with van der Waals surface area (Å²) in [4.78, 5) is 15.7. The van der Waals surface area contributed by atoms with E-state index in [0.717, 1.165) is 11.3 Å². The zero-order valence-electron chi connectivity index (χ0n) is 10.8. The number of methoxy groups -OCH3 is 1. The summed E-state index contributed by atoms with van der Waals surface area (Å²) in [5, 5.41) is 6.41. The Morgan fingerprint density at radius 2 is 2.21 bits per heavy atom. The maximum atomic E-state index is 11.7. The Balaban J connectivity index is 1.89. The average molecular weight is 261 g/mol. The number of carbonyl (C=O) groups is 1. The van der Waals surface area contributed by atoms with Gasteiger partial charge in [-0.3, -0.25) is 4.79 Å². The van der Waals surface area contributed by atoms with Crippen LogP contribution >= 0.6 is 0 Å². The summed E-state index contributed by atoms with van der Waals surface area (Å²) in [6, 6.07) is 7.52. The van der Waals surface area contributed by atoms with Crippen LogP contribution in [0.2, 0.25) is 0 Å². The van der Waals surface area contributed by atoms with Crippen molar-refractivity contribution < 1.29 is 14.1 Å². The Bertz CT molecular complexity index is 566. The minimum absolute atomic E-state index is 0.0794. The van der Waals surface area contributed by atoms with Crippen LogP contribution in [0.25, 0.3) is 0 Å². The molecule has 2 rings (SSSR count). The third-order valence-corrected chi connectivity index (χ3v) is 2.55. The summed E-state index contributed by atoms with van der Waals surface area (Å²) < 4.78 is 10.1. The fourth-order valence-corrected chi connectivity index (χ4v) is 1.65. The van der Waals surface area contributed by atoms with E-state index in [-0.39, 0.29) is 12.3 Å². The lowest BCUT2D eigenvalue weighted by Crippen LogP contribution is -2.24. The zero-order valence-corrected chi connectivity index (χ0v) is 10.8. The van der Waals surface area contributed by atoms with Crippen LogP contribution in [0.3, 0.4) is 0 Å². The SMILES string of the molecule is COc1ccccc1CNC(=O)Cc1nc(C)no1. The Labute approximate surface area is 110 Å². The molecule has 1 N–H and O–H groups in total. The van der Waals surface area contributed by atoms with Gasteiger partial charge in [0.05, 0.1) is 7.11 Å². The molecule has 0 spiro atoms. The van der Waals surface area contributed by atoms with E-state index in [9.17, 15) is 4.79 Å². The molecule has 0 unspecified atom stereocenters. The Morgan fingerprint density at radius 1 is 1.42 bits per heavy atom. The largest absolute Gasteiger partial charge is 0.496 e. The second-order valence-corrected chi connectivity index (χ2v) is 4.00. The number of carbonyl (C=O) groups excluding carboxylic acids is 1. The molecule has 0 bridgehead atoms. The first-order valence-electron chi connectivity index (χ1n) is 5.87. The van der Waals surface area contributed by atoms with E-state index >= 15 is 0 Å². The van der Waals surface area contributed by atoms with Gasteiger partial charge in [-0.15, -0.1) is 0 Å². The number of nitrogens with one attached hydrogen (secondary N) is 1. The Kier molecular flexibility index (Phi) is 4.12. The highest BCUT2D eigenvalue weighted by Crippen LogP contribution is 2.16. The first-order valence-corrected chi connectivity index (χ1v) is 5.87. The van der Waals surface area contributed by atoms with Crippen molar-refractivity contribution in [3.63, 3.8) is 0 Å². The van der Waals surface area contributed by atoms with Crippen molar-refractivity contribution >= 4 is 5.91 Å². The highest BCUT2D eigenvalue weighted by atomic mass is 16.5. The van der Waals surface area contributed by atoms with Gasteiger partial charge < -0.3 is 14.6 Å². The number of amides is 1. The Morgan fingerprint density at radius 3 is 2.89 bits per heavy atom. The maximum Gasteiger partial charge on any atom is 0.236 e. The number of hydrogen-bond donors (Lipinski definition) is 1. The van der Waals surface area contributed by atoms with Crippen molar-refractivity contribution in [1.29, 1.82) is 0 Å². The molecule has 100 valence electrons. The van der Waals surface area contributed by atoms with Crippen molar-refractivity contribution in [2.45, 2.75) is 19.9 Å². The molecule has 0 saturated carbocycles. The number of aryl methyl sites for hydroxylation is 1. The molecule has 0 aliphatic heterocycles. The molecule has 0 aliphatic carbocycles. The number of hydrogen-bond acceptors (Lipinski definition) is 5. The van der Waals surface area contributed by atoms with Crippen LogP contribution in [0.1, 0.15) is 17.3 Å². The van der Waals surface area contributed by atoms with Crippen molar-refractivity contribution in [2.24, 2.45) is 0 Å². The van der Waals surface area contributed by atoms with Crippen molar-refractivity contribution in [3.05, 3.63) is 41.5 Å². The monoisotopic (exact) mass is 261 g/mol.